The minimum atomic E-state index is -0.270. The second-order valence-electron chi connectivity index (χ2n) is 2.33. The smallest absolute Gasteiger partial charge is 0.186 e. The fourth-order valence-electron chi connectivity index (χ4n) is 1.06. The largest absolute Gasteiger partial charge is 0.499 e. The second-order valence-corrected chi connectivity index (χ2v) is 4.44. The third-order valence-corrected chi connectivity index (χ3v) is 3.96. The number of rotatable bonds is 0. The van der Waals surface area contributed by atoms with Crippen molar-refractivity contribution in [3.8, 4) is 5.06 Å². The Balaban J connectivity index is 2.97. The molecule has 1 aromatic carbocycles. The Labute approximate surface area is 86.0 Å². The maximum Gasteiger partial charge on any atom is 0.186 e. The van der Waals surface area contributed by atoms with E-state index in [1.807, 2.05) is 22.6 Å². The van der Waals surface area contributed by atoms with E-state index in [4.69, 9.17) is 0 Å². The van der Waals surface area contributed by atoms with Crippen LogP contribution in [-0.4, -0.2) is 5.11 Å². The predicted molar refractivity (Wildman–Crippen MR) is 56.2 cm³/mol. The summed E-state index contributed by atoms with van der Waals surface area (Å²) >= 11 is 3.14. The fraction of sp³-hybridized carbons (Fsp3) is 0. The molecule has 1 aromatic heterocycles. The molecule has 62 valence electrons. The highest BCUT2D eigenvalue weighted by Gasteiger charge is 2.11. The predicted octanol–water partition coefficient (Wildman–Crippen LogP) is 3.35. The van der Waals surface area contributed by atoms with Crippen molar-refractivity contribution >= 4 is 44.0 Å². The van der Waals surface area contributed by atoms with E-state index in [1.165, 1.54) is 17.4 Å². The van der Waals surface area contributed by atoms with Gasteiger partial charge in [-0.05, 0) is 34.7 Å². The molecule has 4 heteroatoms. The monoisotopic (exact) mass is 294 g/mol. The van der Waals surface area contributed by atoms with Crippen LogP contribution in [0.5, 0.6) is 5.06 Å². The Bertz CT molecular complexity index is 438. The number of halogens is 2. The Morgan fingerprint density at radius 3 is 2.83 bits per heavy atom. The molecule has 1 nitrogen and oxygen atoms in total. The maximum atomic E-state index is 13.2. The molecule has 0 aliphatic carbocycles. The van der Waals surface area contributed by atoms with Gasteiger partial charge < -0.3 is 5.11 Å². The van der Waals surface area contributed by atoms with Gasteiger partial charge >= 0.3 is 0 Å². The summed E-state index contributed by atoms with van der Waals surface area (Å²) in [5.74, 6) is -0.270. The standard InChI is InChI=1S/C8H4FIOS/c9-4-2-1-3-5-6(4)7(10)8(11)12-5/h1-3,11H. The summed E-state index contributed by atoms with van der Waals surface area (Å²) in [7, 11) is 0. The van der Waals surface area contributed by atoms with E-state index >= 15 is 0 Å². The van der Waals surface area contributed by atoms with E-state index in [2.05, 4.69) is 0 Å². The van der Waals surface area contributed by atoms with Crippen LogP contribution in [0.25, 0.3) is 10.1 Å². The van der Waals surface area contributed by atoms with Gasteiger partial charge in [0.15, 0.2) is 5.06 Å². The Hall–Kier alpha value is -0.360. The molecule has 0 atom stereocenters. The van der Waals surface area contributed by atoms with Gasteiger partial charge in [0.2, 0.25) is 0 Å². The van der Waals surface area contributed by atoms with E-state index in [9.17, 15) is 9.50 Å². The van der Waals surface area contributed by atoms with Crippen molar-refractivity contribution in [1.29, 1.82) is 0 Å². The van der Waals surface area contributed by atoms with Crippen molar-refractivity contribution in [2.45, 2.75) is 0 Å². The van der Waals surface area contributed by atoms with Crippen LogP contribution in [0.1, 0.15) is 0 Å². The third kappa shape index (κ3) is 1.09. The average molecular weight is 294 g/mol. The quantitative estimate of drug-likeness (QED) is 0.739. The summed E-state index contributed by atoms with van der Waals surface area (Å²) in [6.45, 7) is 0. The topological polar surface area (TPSA) is 20.2 Å². The van der Waals surface area contributed by atoms with Crippen molar-refractivity contribution < 1.29 is 9.50 Å². The van der Waals surface area contributed by atoms with Crippen LogP contribution in [0.4, 0.5) is 4.39 Å². The average Bonchev–Trinajstić information content (AvgIpc) is 2.29. The van der Waals surface area contributed by atoms with Crippen LogP contribution in [0.3, 0.4) is 0 Å². The zero-order chi connectivity index (χ0) is 8.72. The molecule has 0 radical (unpaired) electrons. The number of hydrogen-bond donors (Lipinski definition) is 1. The molecule has 0 amide bonds. The van der Waals surface area contributed by atoms with E-state index in [-0.39, 0.29) is 10.9 Å². The summed E-state index contributed by atoms with van der Waals surface area (Å²) < 4.78 is 14.5. The zero-order valence-electron chi connectivity index (χ0n) is 5.84. The van der Waals surface area contributed by atoms with Crippen molar-refractivity contribution in [3.05, 3.63) is 27.6 Å². The molecule has 0 unspecified atom stereocenters. The molecule has 0 saturated carbocycles. The van der Waals surface area contributed by atoms with Crippen LogP contribution in [0, 0.1) is 9.39 Å². The van der Waals surface area contributed by atoms with Crippen LogP contribution < -0.4 is 0 Å². The van der Waals surface area contributed by atoms with E-state index < -0.39 is 0 Å². The highest BCUT2D eigenvalue weighted by molar-refractivity contribution is 14.1. The molecule has 0 aliphatic rings. The number of benzene rings is 1. The zero-order valence-corrected chi connectivity index (χ0v) is 8.82. The molecule has 2 aromatic rings. The summed E-state index contributed by atoms with van der Waals surface area (Å²) in [6.07, 6.45) is 0. The van der Waals surface area contributed by atoms with E-state index in [1.54, 1.807) is 12.1 Å². The minimum absolute atomic E-state index is 0.190. The lowest BCUT2D eigenvalue weighted by Gasteiger charge is -1.90. The highest BCUT2D eigenvalue weighted by Crippen LogP contribution is 2.38. The van der Waals surface area contributed by atoms with Gasteiger partial charge in [-0.2, -0.15) is 0 Å². The molecule has 1 heterocycles. The SMILES string of the molecule is Oc1sc2cccc(F)c2c1I. The summed E-state index contributed by atoms with van der Waals surface area (Å²) in [4.78, 5) is 0. The summed E-state index contributed by atoms with van der Waals surface area (Å²) in [6, 6.07) is 4.84. The van der Waals surface area contributed by atoms with Crippen LogP contribution in [0.2, 0.25) is 0 Å². The van der Waals surface area contributed by atoms with Gasteiger partial charge in [-0.1, -0.05) is 17.4 Å². The Morgan fingerprint density at radius 1 is 1.42 bits per heavy atom. The molecule has 0 fully saturated rings. The molecule has 0 bridgehead atoms. The number of aromatic hydroxyl groups is 1. The minimum Gasteiger partial charge on any atom is -0.499 e. The first-order valence-corrected chi connectivity index (χ1v) is 5.15. The van der Waals surface area contributed by atoms with Crippen molar-refractivity contribution in [3.63, 3.8) is 0 Å². The molecule has 2 rings (SSSR count). The van der Waals surface area contributed by atoms with Crippen molar-refractivity contribution in [1.82, 2.24) is 0 Å². The van der Waals surface area contributed by atoms with Crippen molar-refractivity contribution in [2.75, 3.05) is 0 Å². The first-order chi connectivity index (χ1) is 5.70. The lowest BCUT2D eigenvalue weighted by molar-refractivity contribution is 0.488. The number of thiophene rings is 1. The molecule has 0 spiro atoms. The summed E-state index contributed by atoms with van der Waals surface area (Å²) in [5.41, 5.74) is 0. The van der Waals surface area contributed by atoms with Gasteiger partial charge in [0.05, 0.1) is 3.57 Å². The molecular formula is C8H4FIOS. The molecule has 0 aliphatic heterocycles. The summed E-state index contributed by atoms with van der Waals surface area (Å²) in [5, 5.41) is 10.0. The maximum absolute atomic E-state index is 13.2. The first kappa shape index (κ1) is 8.25. The first-order valence-electron chi connectivity index (χ1n) is 3.25. The fourth-order valence-corrected chi connectivity index (χ4v) is 2.97. The molecule has 0 saturated heterocycles. The lowest BCUT2D eigenvalue weighted by Crippen LogP contribution is -1.75. The van der Waals surface area contributed by atoms with Gasteiger partial charge in [0.25, 0.3) is 0 Å². The highest BCUT2D eigenvalue weighted by atomic mass is 127. The Kier molecular flexibility index (Phi) is 1.96. The van der Waals surface area contributed by atoms with Crippen LogP contribution in [-0.2, 0) is 0 Å². The van der Waals surface area contributed by atoms with E-state index in [0.29, 0.717) is 8.96 Å². The van der Waals surface area contributed by atoms with Crippen LogP contribution in [0.15, 0.2) is 18.2 Å². The lowest BCUT2D eigenvalue weighted by atomic mass is 10.2. The Morgan fingerprint density at radius 2 is 2.17 bits per heavy atom. The van der Waals surface area contributed by atoms with Gasteiger partial charge in [-0.3, -0.25) is 0 Å². The van der Waals surface area contributed by atoms with Crippen molar-refractivity contribution in [2.24, 2.45) is 0 Å². The second kappa shape index (κ2) is 2.85. The van der Waals surface area contributed by atoms with Gasteiger partial charge in [0, 0.05) is 10.1 Å². The molecular weight excluding hydrogens is 290 g/mol. The number of hydrogen-bond acceptors (Lipinski definition) is 2. The van der Waals surface area contributed by atoms with Gasteiger partial charge in [-0.25, -0.2) is 4.39 Å². The molecule has 12 heavy (non-hydrogen) atoms. The third-order valence-electron chi connectivity index (χ3n) is 1.59. The normalized spacial score (nSPS) is 10.8. The van der Waals surface area contributed by atoms with Crippen LogP contribution >= 0.6 is 33.9 Å². The van der Waals surface area contributed by atoms with Gasteiger partial charge in [0.1, 0.15) is 5.82 Å². The van der Waals surface area contributed by atoms with Gasteiger partial charge in [-0.15, -0.1) is 0 Å². The van der Waals surface area contributed by atoms with E-state index in [0.717, 1.165) is 4.70 Å². The molecule has 1 N–H and O–H groups in total. The number of fused-ring (bicyclic) bond motifs is 1.